The second-order valence-electron chi connectivity index (χ2n) is 14.7. The maximum Gasteiger partial charge on any atom is 0.307 e. The lowest BCUT2D eigenvalue weighted by molar-refractivity contribution is -0.160. The number of hydrogen-bond donors (Lipinski definition) is 0. The summed E-state index contributed by atoms with van der Waals surface area (Å²) in [4.78, 5) is 14.7. The normalized spacial score (nSPS) is 14.4. The van der Waals surface area contributed by atoms with Crippen molar-refractivity contribution in [1.29, 1.82) is 0 Å². The van der Waals surface area contributed by atoms with Gasteiger partial charge < -0.3 is 9.64 Å². The van der Waals surface area contributed by atoms with Crippen LogP contribution in [0.15, 0.2) is 48.6 Å². The third-order valence-corrected chi connectivity index (χ3v) is 9.27. The Morgan fingerprint density at radius 3 is 1.57 bits per heavy atom. The third kappa shape index (κ3) is 34.1. The van der Waals surface area contributed by atoms with E-state index in [1.54, 1.807) is 0 Å². The monoisotopic (exact) mass is 656 g/mol. The van der Waals surface area contributed by atoms with E-state index < -0.39 is 0 Å². The van der Waals surface area contributed by atoms with E-state index in [1.807, 2.05) is 14.1 Å². The molecule has 0 saturated carbocycles. The molecule has 0 spiro atoms. The Hall–Kier alpha value is -1.61. The Morgan fingerprint density at radius 1 is 0.617 bits per heavy atom. The molecule has 0 aliphatic carbocycles. The first-order chi connectivity index (χ1) is 22.8. The van der Waals surface area contributed by atoms with Crippen molar-refractivity contribution in [2.45, 2.75) is 200 Å². The Balaban J connectivity index is 4.20. The van der Waals surface area contributed by atoms with Crippen LogP contribution >= 0.6 is 0 Å². The van der Waals surface area contributed by atoms with E-state index in [-0.39, 0.29) is 11.6 Å². The number of nitrogens with zero attached hydrogens (tertiary/aromatic N) is 1. The van der Waals surface area contributed by atoms with Crippen molar-refractivity contribution in [2.24, 2.45) is 5.92 Å². The molecule has 0 aliphatic rings. The van der Waals surface area contributed by atoms with Gasteiger partial charge in [-0.05, 0) is 110 Å². The molecule has 0 rings (SSSR count). The van der Waals surface area contributed by atoms with Gasteiger partial charge in [-0.1, -0.05) is 146 Å². The lowest BCUT2D eigenvalue weighted by atomic mass is 9.91. The zero-order valence-corrected chi connectivity index (χ0v) is 32.6. The first-order valence-corrected chi connectivity index (χ1v) is 20.3. The first kappa shape index (κ1) is 45.4. The topological polar surface area (TPSA) is 29.5 Å². The maximum absolute atomic E-state index is 12.7. The average molecular weight is 656 g/mol. The summed E-state index contributed by atoms with van der Waals surface area (Å²) in [6, 6.07) is 0. The highest BCUT2D eigenvalue weighted by Crippen LogP contribution is 2.28. The van der Waals surface area contributed by atoms with Gasteiger partial charge in [-0.3, -0.25) is 4.79 Å². The zero-order chi connectivity index (χ0) is 34.7. The molecule has 0 aromatic heterocycles. The summed E-state index contributed by atoms with van der Waals surface area (Å²) < 4.78 is 6.16. The van der Waals surface area contributed by atoms with Crippen LogP contribution in [0.4, 0.5) is 0 Å². The molecule has 3 heteroatoms. The van der Waals surface area contributed by atoms with Crippen LogP contribution in [-0.2, 0) is 9.53 Å². The summed E-state index contributed by atoms with van der Waals surface area (Å²) in [6.45, 7) is 9.82. The van der Waals surface area contributed by atoms with Gasteiger partial charge in [-0.2, -0.15) is 0 Å². The highest BCUT2D eigenvalue weighted by Gasteiger charge is 2.27. The molecule has 3 nitrogen and oxygen atoms in total. The van der Waals surface area contributed by atoms with Gasteiger partial charge in [0.2, 0.25) is 0 Å². The molecule has 0 aliphatic heterocycles. The number of carbonyl (C=O) groups excluding carboxylic acids is 1. The van der Waals surface area contributed by atoms with E-state index in [0.717, 1.165) is 45.1 Å². The van der Waals surface area contributed by atoms with E-state index in [9.17, 15) is 4.79 Å². The van der Waals surface area contributed by atoms with Crippen LogP contribution < -0.4 is 0 Å². The van der Waals surface area contributed by atoms with Crippen molar-refractivity contribution < 1.29 is 9.53 Å². The van der Waals surface area contributed by atoms with E-state index >= 15 is 0 Å². The summed E-state index contributed by atoms with van der Waals surface area (Å²) in [5, 5.41) is 0. The van der Waals surface area contributed by atoms with Crippen LogP contribution in [0, 0.1) is 5.92 Å². The summed E-state index contributed by atoms with van der Waals surface area (Å²) in [7, 11) is 4.03. The number of hydrogen-bond acceptors (Lipinski definition) is 3. The number of allylic oxidation sites excluding steroid dienone is 8. The minimum absolute atomic E-state index is 0.0322. The van der Waals surface area contributed by atoms with Gasteiger partial charge >= 0.3 is 5.97 Å². The van der Waals surface area contributed by atoms with E-state index in [4.69, 9.17) is 4.74 Å². The summed E-state index contributed by atoms with van der Waals surface area (Å²) in [5.41, 5.74) is -0.317. The molecule has 0 amide bonds. The molecular weight excluding hydrogens is 574 g/mol. The number of ether oxygens (including phenoxy) is 1. The minimum Gasteiger partial charge on any atom is -0.459 e. The smallest absolute Gasteiger partial charge is 0.307 e. The molecule has 0 fully saturated rings. The molecule has 2 unspecified atom stereocenters. The summed E-state index contributed by atoms with van der Waals surface area (Å²) in [5.74, 6) is 0.637. The largest absolute Gasteiger partial charge is 0.459 e. The first-order valence-electron chi connectivity index (χ1n) is 20.3. The van der Waals surface area contributed by atoms with E-state index in [0.29, 0.717) is 12.3 Å². The van der Waals surface area contributed by atoms with Gasteiger partial charge in [-0.15, -0.1) is 0 Å². The quantitative estimate of drug-likeness (QED) is 0.0392. The van der Waals surface area contributed by atoms with E-state index in [1.165, 1.54) is 122 Å². The number of carbonyl (C=O) groups is 1. The molecule has 0 radical (unpaired) electrons. The van der Waals surface area contributed by atoms with Crippen molar-refractivity contribution in [3.8, 4) is 0 Å². The molecule has 0 heterocycles. The standard InChI is InChI=1S/C44H81NO2/c1-7-9-11-13-15-17-18-19-20-21-22-23-24-26-30-34-39-44(4,47-43(46)38-41-45(5)6)40-35-31-27-29-33-37-42(3)36-32-28-25-16-14-12-10-8-2/h15-17,19-20,25,32,36,42H,7-14,18,21-24,26-31,33-35,37-41H2,1-6H3/b17-15-,20-19-,25-16-,36-32-. The Kier molecular flexibility index (Phi) is 33.1. The van der Waals surface area contributed by atoms with Crippen LogP contribution in [-0.4, -0.2) is 37.1 Å². The van der Waals surface area contributed by atoms with Crippen LogP contribution in [0.3, 0.4) is 0 Å². The molecule has 2 atom stereocenters. The SMILES string of the molecule is CCCCC/C=C\C/C=C\CCCCCCCCC(C)(CCCCCCCC(C)/C=C\C/C=C\CCCCC)OC(=O)CCN(C)C. The molecule has 47 heavy (non-hydrogen) atoms. The van der Waals surface area contributed by atoms with Gasteiger partial charge in [0, 0.05) is 6.54 Å². The van der Waals surface area contributed by atoms with Crippen LogP contribution in [0.5, 0.6) is 0 Å². The lowest BCUT2D eigenvalue weighted by Crippen LogP contribution is -2.33. The van der Waals surface area contributed by atoms with Crippen LogP contribution in [0.2, 0.25) is 0 Å². The highest BCUT2D eigenvalue weighted by atomic mass is 16.6. The predicted octanol–water partition coefficient (Wildman–Crippen LogP) is 13.9. The summed E-state index contributed by atoms with van der Waals surface area (Å²) in [6.07, 6.45) is 50.2. The number of unbranched alkanes of at least 4 members (excludes halogenated alkanes) is 16. The Morgan fingerprint density at radius 2 is 1.06 bits per heavy atom. The molecule has 0 saturated heterocycles. The number of esters is 1. The van der Waals surface area contributed by atoms with Crippen molar-refractivity contribution in [1.82, 2.24) is 4.90 Å². The lowest BCUT2D eigenvalue weighted by Gasteiger charge is -2.30. The Bertz CT molecular complexity index is 795. The molecule has 0 aromatic rings. The zero-order valence-electron chi connectivity index (χ0n) is 32.6. The van der Waals surface area contributed by atoms with Gasteiger partial charge in [0.1, 0.15) is 5.60 Å². The molecular formula is C44H81NO2. The van der Waals surface area contributed by atoms with Crippen molar-refractivity contribution in [2.75, 3.05) is 20.6 Å². The molecule has 0 aromatic carbocycles. The predicted molar refractivity (Wildman–Crippen MR) is 210 cm³/mol. The van der Waals surface area contributed by atoms with Gasteiger partial charge in [0.05, 0.1) is 6.42 Å². The maximum atomic E-state index is 12.7. The summed E-state index contributed by atoms with van der Waals surface area (Å²) >= 11 is 0. The van der Waals surface area contributed by atoms with Crippen LogP contribution in [0.25, 0.3) is 0 Å². The van der Waals surface area contributed by atoms with Crippen molar-refractivity contribution in [3.05, 3.63) is 48.6 Å². The minimum atomic E-state index is -0.317. The Labute approximate surface area is 295 Å². The average Bonchev–Trinajstić information content (AvgIpc) is 3.04. The molecule has 0 bridgehead atoms. The van der Waals surface area contributed by atoms with Crippen LogP contribution in [0.1, 0.15) is 195 Å². The van der Waals surface area contributed by atoms with Gasteiger partial charge in [-0.25, -0.2) is 0 Å². The number of rotatable bonds is 34. The fourth-order valence-electron chi connectivity index (χ4n) is 6.06. The second-order valence-corrected chi connectivity index (χ2v) is 14.7. The second kappa shape index (κ2) is 34.3. The molecule has 274 valence electrons. The van der Waals surface area contributed by atoms with E-state index in [2.05, 4.69) is 81.2 Å². The molecule has 0 N–H and O–H groups in total. The van der Waals surface area contributed by atoms with Gasteiger partial charge in [0.25, 0.3) is 0 Å². The highest BCUT2D eigenvalue weighted by molar-refractivity contribution is 5.70. The third-order valence-electron chi connectivity index (χ3n) is 9.27. The van der Waals surface area contributed by atoms with Gasteiger partial charge in [0.15, 0.2) is 0 Å². The van der Waals surface area contributed by atoms with Crippen molar-refractivity contribution in [3.63, 3.8) is 0 Å². The fourth-order valence-corrected chi connectivity index (χ4v) is 6.06. The van der Waals surface area contributed by atoms with Crippen molar-refractivity contribution >= 4 is 5.97 Å². The fraction of sp³-hybridized carbons (Fsp3) is 0.795.